The minimum Gasteiger partial charge on any atom is -0.495 e. The molecule has 1 saturated carbocycles. The fourth-order valence-electron chi connectivity index (χ4n) is 3.91. The molecule has 0 aromatic heterocycles. The number of benzene rings is 1. The van der Waals surface area contributed by atoms with Crippen molar-refractivity contribution in [1.82, 2.24) is 10.2 Å². The first-order chi connectivity index (χ1) is 12.3. The van der Waals surface area contributed by atoms with E-state index in [0.29, 0.717) is 6.04 Å². The summed E-state index contributed by atoms with van der Waals surface area (Å²) in [6.07, 6.45) is 8.72. The number of nitrogens with zero attached hydrogens (tertiary/aromatic N) is 2. The Hall–Kier alpha value is -1.91. The van der Waals surface area contributed by atoms with Crippen molar-refractivity contribution < 1.29 is 9.53 Å². The summed E-state index contributed by atoms with van der Waals surface area (Å²) in [5, 5.41) is 3.28. The number of urea groups is 1. The molecule has 25 heavy (non-hydrogen) atoms. The van der Waals surface area contributed by atoms with Gasteiger partial charge in [0.25, 0.3) is 0 Å². The lowest BCUT2D eigenvalue weighted by Crippen LogP contribution is -2.53. The molecule has 5 heteroatoms. The molecular weight excluding hydrogens is 314 g/mol. The van der Waals surface area contributed by atoms with Crippen LogP contribution in [0.1, 0.15) is 44.9 Å². The van der Waals surface area contributed by atoms with E-state index in [9.17, 15) is 4.79 Å². The number of carbonyl (C=O) groups excluding carboxylic acids is 1. The molecule has 1 N–H and O–H groups in total. The monoisotopic (exact) mass is 345 g/mol. The molecule has 0 atom stereocenters. The molecule has 1 aliphatic carbocycles. The second-order valence-electron chi connectivity index (χ2n) is 7.14. The summed E-state index contributed by atoms with van der Waals surface area (Å²) in [4.78, 5) is 16.9. The van der Waals surface area contributed by atoms with Crippen LogP contribution in [0.4, 0.5) is 10.5 Å². The molecule has 0 radical (unpaired) electrons. The summed E-state index contributed by atoms with van der Waals surface area (Å²) < 4.78 is 5.46. The second-order valence-corrected chi connectivity index (χ2v) is 7.14. The molecule has 2 aliphatic rings. The van der Waals surface area contributed by atoms with E-state index in [1.54, 1.807) is 7.11 Å². The Morgan fingerprint density at radius 3 is 2.32 bits per heavy atom. The molecule has 5 nitrogen and oxygen atoms in total. The fourth-order valence-corrected chi connectivity index (χ4v) is 3.91. The minimum absolute atomic E-state index is 0.116. The van der Waals surface area contributed by atoms with E-state index >= 15 is 0 Å². The smallest absolute Gasteiger partial charge is 0.317 e. The third kappa shape index (κ3) is 4.80. The van der Waals surface area contributed by atoms with Crippen molar-refractivity contribution >= 4 is 11.7 Å². The van der Waals surface area contributed by atoms with Crippen LogP contribution in [0.25, 0.3) is 0 Å². The van der Waals surface area contributed by atoms with Crippen molar-refractivity contribution in [3.63, 3.8) is 0 Å². The Labute approximate surface area is 151 Å². The number of methoxy groups -OCH3 is 1. The predicted octanol–water partition coefficient (Wildman–Crippen LogP) is 3.64. The number of para-hydroxylation sites is 2. The zero-order valence-electron chi connectivity index (χ0n) is 15.4. The highest BCUT2D eigenvalue weighted by atomic mass is 16.5. The maximum Gasteiger partial charge on any atom is 0.317 e. The number of hydrogen-bond acceptors (Lipinski definition) is 3. The van der Waals surface area contributed by atoms with Gasteiger partial charge < -0.3 is 19.9 Å². The Balaban J connectivity index is 1.50. The lowest BCUT2D eigenvalue weighted by Gasteiger charge is -2.37. The molecule has 1 aliphatic heterocycles. The SMILES string of the molecule is COc1ccccc1N1CCN(C(=O)NC2CCCCCCC2)CC1. The van der Waals surface area contributed by atoms with E-state index < -0.39 is 0 Å². The van der Waals surface area contributed by atoms with Gasteiger partial charge >= 0.3 is 6.03 Å². The van der Waals surface area contributed by atoms with Crippen molar-refractivity contribution in [3.05, 3.63) is 24.3 Å². The van der Waals surface area contributed by atoms with Crippen LogP contribution in [-0.4, -0.2) is 50.3 Å². The van der Waals surface area contributed by atoms with Crippen molar-refractivity contribution in [2.24, 2.45) is 0 Å². The van der Waals surface area contributed by atoms with E-state index in [-0.39, 0.29) is 6.03 Å². The van der Waals surface area contributed by atoms with Gasteiger partial charge in [-0.15, -0.1) is 0 Å². The van der Waals surface area contributed by atoms with Gasteiger partial charge in [-0.25, -0.2) is 4.79 Å². The lowest BCUT2D eigenvalue weighted by atomic mass is 9.97. The standard InChI is InChI=1S/C20H31N3O2/c1-25-19-12-8-7-11-18(19)22-13-15-23(16-14-22)20(24)21-17-9-5-3-2-4-6-10-17/h7-8,11-12,17H,2-6,9-10,13-16H2,1H3,(H,21,24). The number of nitrogens with one attached hydrogen (secondary N) is 1. The number of anilines is 1. The van der Waals surface area contributed by atoms with Crippen LogP contribution in [-0.2, 0) is 0 Å². The maximum atomic E-state index is 12.6. The molecule has 1 aromatic rings. The Bertz CT molecular complexity index is 548. The molecule has 0 unspecified atom stereocenters. The van der Waals surface area contributed by atoms with Crippen LogP contribution in [0, 0.1) is 0 Å². The number of rotatable bonds is 3. The number of ether oxygens (including phenoxy) is 1. The molecule has 0 bridgehead atoms. The molecular formula is C20H31N3O2. The molecule has 2 amide bonds. The molecule has 138 valence electrons. The van der Waals surface area contributed by atoms with Crippen LogP contribution >= 0.6 is 0 Å². The van der Waals surface area contributed by atoms with Crippen molar-refractivity contribution in [2.45, 2.75) is 51.0 Å². The van der Waals surface area contributed by atoms with Crippen LogP contribution < -0.4 is 15.0 Å². The summed E-state index contributed by atoms with van der Waals surface area (Å²) in [6, 6.07) is 8.57. The summed E-state index contributed by atoms with van der Waals surface area (Å²) in [5.74, 6) is 0.898. The Kier molecular flexibility index (Phi) is 6.42. The first kappa shape index (κ1) is 17.9. The van der Waals surface area contributed by atoms with Crippen molar-refractivity contribution in [3.8, 4) is 5.75 Å². The highest BCUT2D eigenvalue weighted by Gasteiger charge is 2.24. The first-order valence-electron chi connectivity index (χ1n) is 9.71. The maximum absolute atomic E-state index is 12.6. The summed E-state index contributed by atoms with van der Waals surface area (Å²) in [6.45, 7) is 3.21. The zero-order valence-corrected chi connectivity index (χ0v) is 15.4. The highest BCUT2D eigenvalue weighted by molar-refractivity contribution is 5.75. The average Bonchev–Trinajstić information content (AvgIpc) is 2.64. The Morgan fingerprint density at radius 1 is 1.00 bits per heavy atom. The van der Waals surface area contributed by atoms with Crippen LogP contribution in [0.3, 0.4) is 0 Å². The summed E-state index contributed by atoms with van der Waals surface area (Å²) in [5.41, 5.74) is 1.12. The zero-order chi connectivity index (χ0) is 17.5. The van der Waals surface area contributed by atoms with E-state index in [1.807, 2.05) is 23.1 Å². The van der Waals surface area contributed by atoms with E-state index in [1.165, 1.54) is 32.1 Å². The molecule has 1 aromatic carbocycles. The van der Waals surface area contributed by atoms with Gasteiger partial charge in [0.1, 0.15) is 5.75 Å². The van der Waals surface area contributed by atoms with E-state index in [0.717, 1.165) is 50.5 Å². The van der Waals surface area contributed by atoms with Crippen LogP contribution in [0.5, 0.6) is 5.75 Å². The number of hydrogen-bond donors (Lipinski definition) is 1. The third-order valence-electron chi connectivity index (χ3n) is 5.43. The van der Waals surface area contributed by atoms with Crippen LogP contribution in [0.15, 0.2) is 24.3 Å². The quantitative estimate of drug-likeness (QED) is 0.910. The summed E-state index contributed by atoms with van der Waals surface area (Å²) in [7, 11) is 1.71. The fraction of sp³-hybridized carbons (Fsp3) is 0.650. The Morgan fingerprint density at radius 2 is 1.64 bits per heavy atom. The van der Waals surface area contributed by atoms with Crippen molar-refractivity contribution in [2.75, 3.05) is 38.2 Å². The van der Waals surface area contributed by atoms with Gasteiger partial charge in [-0.05, 0) is 25.0 Å². The van der Waals surface area contributed by atoms with E-state index in [4.69, 9.17) is 4.74 Å². The molecule has 3 rings (SSSR count). The minimum atomic E-state index is 0.116. The molecule has 1 heterocycles. The predicted molar refractivity (Wildman–Crippen MR) is 101 cm³/mol. The third-order valence-corrected chi connectivity index (χ3v) is 5.43. The van der Waals surface area contributed by atoms with Crippen LogP contribution in [0.2, 0.25) is 0 Å². The molecule has 0 spiro atoms. The summed E-state index contributed by atoms with van der Waals surface area (Å²) >= 11 is 0. The van der Waals surface area contributed by atoms with Gasteiger partial charge in [0.2, 0.25) is 0 Å². The molecule has 1 saturated heterocycles. The highest BCUT2D eigenvalue weighted by Crippen LogP contribution is 2.28. The largest absolute Gasteiger partial charge is 0.495 e. The van der Waals surface area contributed by atoms with E-state index in [2.05, 4.69) is 16.3 Å². The van der Waals surface area contributed by atoms with Gasteiger partial charge in [0.05, 0.1) is 12.8 Å². The van der Waals surface area contributed by atoms with Gasteiger partial charge in [0, 0.05) is 32.2 Å². The number of amides is 2. The number of piperazine rings is 1. The lowest BCUT2D eigenvalue weighted by molar-refractivity contribution is 0.187. The first-order valence-corrected chi connectivity index (χ1v) is 9.71. The topological polar surface area (TPSA) is 44.8 Å². The van der Waals surface area contributed by atoms with Gasteiger partial charge in [-0.3, -0.25) is 0 Å². The van der Waals surface area contributed by atoms with Crippen molar-refractivity contribution in [1.29, 1.82) is 0 Å². The number of carbonyl (C=O) groups is 1. The van der Waals surface area contributed by atoms with Gasteiger partial charge in [-0.2, -0.15) is 0 Å². The average molecular weight is 345 g/mol. The second kappa shape index (κ2) is 8.97. The molecule has 2 fully saturated rings. The normalized spacial score (nSPS) is 19.9. The van der Waals surface area contributed by atoms with Gasteiger partial charge in [0.15, 0.2) is 0 Å². The van der Waals surface area contributed by atoms with Gasteiger partial charge in [-0.1, -0.05) is 44.2 Å².